The summed E-state index contributed by atoms with van der Waals surface area (Å²) in [6, 6.07) is 18.3. The molecule has 1 heterocycles. The highest BCUT2D eigenvalue weighted by Gasteiger charge is 2.26. The Bertz CT molecular complexity index is 934. The van der Waals surface area contributed by atoms with Crippen LogP contribution in [-0.2, 0) is 0 Å². The summed E-state index contributed by atoms with van der Waals surface area (Å²) < 4.78 is 0. The molecule has 28 heavy (non-hydrogen) atoms. The molecular weight excluding hydrogens is 346 g/mol. The van der Waals surface area contributed by atoms with Crippen molar-refractivity contribution in [3.05, 3.63) is 65.4 Å². The van der Waals surface area contributed by atoms with Gasteiger partial charge in [-0.25, -0.2) is 10.8 Å². The molecule has 0 saturated carbocycles. The summed E-state index contributed by atoms with van der Waals surface area (Å²) in [5, 5.41) is 9.37. The average molecular weight is 374 g/mol. The van der Waals surface area contributed by atoms with Crippen molar-refractivity contribution in [2.24, 2.45) is 10.8 Å². The molecule has 0 aromatic heterocycles. The van der Waals surface area contributed by atoms with Gasteiger partial charge in [-0.3, -0.25) is 0 Å². The number of hydrogen-bond donors (Lipinski definition) is 2. The molecule has 0 bridgehead atoms. The standard InChI is InChI=1S/C23H27N5/c1-4-5-10-22-16(2)23(27-25)26-17(3)28(22)20-13-11-18(12-14-20)21-9-7-6-8-19(21)15-24/h6-9,11-14,17H,4-5,10,25H2,1-3H3,(H,26,27). The van der Waals surface area contributed by atoms with Crippen molar-refractivity contribution in [2.45, 2.75) is 46.2 Å². The molecule has 1 atom stereocenters. The number of aliphatic imine (C=N–C) groups is 1. The van der Waals surface area contributed by atoms with Crippen LogP contribution in [0.15, 0.2) is 64.8 Å². The first kappa shape index (κ1) is 19.7. The molecule has 3 N–H and O–H groups in total. The van der Waals surface area contributed by atoms with Crippen LogP contribution >= 0.6 is 0 Å². The molecule has 0 fully saturated rings. The third kappa shape index (κ3) is 3.78. The zero-order valence-electron chi connectivity index (χ0n) is 16.7. The van der Waals surface area contributed by atoms with E-state index in [9.17, 15) is 5.26 Å². The first-order chi connectivity index (χ1) is 13.6. The fourth-order valence-electron chi connectivity index (χ4n) is 3.69. The van der Waals surface area contributed by atoms with Gasteiger partial charge in [-0.1, -0.05) is 43.7 Å². The second-order valence-electron chi connectivity index (χ2n) is 7.00. The summed E-state index contributed by atoms with van der Waals surface area (Å²) in [4.78, 5) is 6.99. The maximum atomic E-state index is 9.37. The lowest BCUT2D eigenvalue weighted by Gasteiger charge is -2.36. The van der Waals surface area contributed by atoms with Crippen LogP contribution in [-0.4, -0.2) is 12.0 Å². The van der Waals surface area contributed by atoms with Crippen molar-refractivity contribution in [3.63, 3.8) is 0 Å². The highest BCUT2D eigenvalue weighted by Crippen LogP contribution is 2.33. The number of hydrogen-bond acceptors (Lipinski definition) is 5. The highest BCUT2D eigenvalue weighted by atomic mass is 15.3. The summed E-state index contributed by atoms with van der Waals surface area (Å²) in [5.41, 5.74) is 8.85. The predicted octanol–water partition coefficient (Wildman–Crippen LogP) is 4.72. The Morgan fingerprint density at radius 3 is 2.54 bits per heavy atom. The van der Waals surface area contributed by atoms with Crippen molar-refractivity contribution in [3.8, 4) is 17.2 Å². The number of nitrogens with zero attached hydrogens (tertiary/aromatic N) is 3. The maximum Gasteiger partial charge on any atom is 0.141 e. The van der Waals surface area contributed by atoms with Crippen molar-refractivity contribution >= 4 is 11.5 Å². The molecule has 0 spiro atoms. The second kappa shape index (κ2) is 8.73. The quantitative estimate of drug-likeness (QED) is 0.587. The first-order valence-corrected chi connectivity index (χ1v) is 9.74. The molecule has 1 unspecified atom stereocenters. The third-order valence-corrected chi connectivity index (χ3v) is 5.18. The molecule has 5 heteroatoms. The normalized spacial score (nSPS) is 16.6. The van der Waals surface area contributed by atoms with Gasteiger partial charge in [0.2, 0.25) is 0 Å². The zero-order chi connectivity index (χ0) is 20.1. The number of nitriles is 1. The minimum absolute atomic E-state index is 0.0427. The number of anilines is 1. The second-order valence-corrected chi connectivity index (χ2v) is 7.00. The van der Waals surface area contributed by atoms with E-state index in [0.717, 1.165) is 47.5 Å². The molecule has 1 aliphatic heterocycles. The number of nitrogens with two attached hydrogens (primary N) is 1. The van der Waals surface area contributed by atoms with Gasteiger partial charge in [-0.2, -0.15) is 5.26 Å². The Labute approximate surface area is 167 Å². The molecule has 3 rings (SSSR count). The number of allylic oxidation sites excluding steroid dienone is 1. The van der Waals surface area contributed by atoms with Gasteiger partial charge >= 0.3 is 0 Å². The fraction of sp³-hybridized carbons (Fsp3) is 0.304. The number of benzene rings is 2. The van der Waals surface area contributed by atoms with E-state index in [-0.39, 0.29) is 6.17 Å². The van der Waals surface area contributed by atoms with E-state index in [1.165, 1.54) is 5.70 Å². The van der Waals surface area contributed by atoms with Gasteiger partial charge in [0.1, 0.15) is 12.0 Å². The predicted molar refractivity (Wildman–Crippen MR) is 116 cm³/mol. The van der Waals surface area contributed by atoms with Gasteiger partial charge in [-0.15, -0.1) is 0 Å². The lowest BCUT2D eigenvalue weighted by atomic mass is 9.99. The van der Waals surface area contributed by atoms with Gasteiger partial charge in [0.05, 0.1) is 11.6 Å². The average Bonchev–Trinajstić information content (AvgIpc) is 2.74. The summed E-state index contributed by atoms with van der Waals surface area (Å²) in [5.74, 6) is 6.44. The van der Waals surface area contributed by atoms with Crippen LogP contribution in [0.5, 0.6) is 0 Å². The molecule has 0 saturated heterocycles. The van der Waals surface area contributed by atoms with Gasteiger partial charge < -0.3 is 10.3 Å². The largest absolute Gasteiger partial charge is 0.322 e. The van der Waals surface area contributed by atoms with Crippen molar-refractivity contribution in [1.82, 2.24) is 5.43 Å². The van der Waals surface area contributed by atoms with E-state index >= 15 is 0 Å². The van der Waals surface area contributed by atoms with Crippen LogP contribution in [0.1, 0.15) is 45.6 Å². The number of unbranched alkanes of at least 4 members (excludes halogenated alkanes) is 1. The van der Waals surface area contributed by atoms with E-state index < -0.39 is 0 Å². The monoisotopic (exact) mass is 373 g/mol. The lowest BCUT2D eigenvalue weighted by molar-refractivity contribution is 0.653. The van der Waals surface area contributed by atoms with Crippen molar-refractivity contribution in [2.75, 3.05) is 4.90 Å². The Morgan fingerprint density at radius 2 is 1.89 bits per heavy atom. The third-order valence-electron chi connectivity index (χ3n) is 5.18. The molecular formula is C23H27N5. The van der Waals surface area contributed by atoms with Gasteiger partial charge in [0, 0.05) is 17.0 Å². The number of rotatable bonds is 5. The van der Waals surface area contributed by atoms with E-state index in [0.29, 0.717) is 5.56 Å². The van der Waals surface area contributed by atoms with E-state index in [2.05, 4.69) is 61.4 Å². The minimum atomic E-state index is -0.0427. The smallest absolute Gasteiger partial charge is 0.141 e. The summed E-state index contributed by atoms with van der Waals surface area (Å²) >= 11 is 0. The molecule has 1 aliphatic rings. The molecule has 2 aromatic carbocycles. The fourth-order valence-corrected chi connectivity index (χ4v) is 3.69. The van der Waals surface area contributed by atoms with Crippen molar-refractivity contribution in [1.29, 1.82) is 5.26 Å². The summed E-state index contributed by atoms with van der Waals surface area (Å²) in [7, 11) is 0. The molecule has 2 aromatic rings. The Balaban J connectivity index is 1.98. The van der Waals surface area contributed by atoms with Gasteiger partial charge in [-0.05, 0) is 56.0 Å². The Morgan fingerprint density at radius 1 is 1.18 bits per heavy atom. The van der Waals surface area contributed by atoms with Crippen LogP contribution in [0.3, 0.4) is 0 Å². The van der Waals surface area contributed by atoms with Gasteiger partial charge in [0.25, 0.3) is 0 Å². The molecule has 0 amide bonds. The zero-order valence-corrected chi connectivity index (χ0v) is 16.7. The van der Waals surface area contributed by atoms with Crippen LogP contribution < -0.4 is 16.2 Å². The lowest BCUT2D eigenvalue weighted by Crippen LogP contribution is -2.43. The van der Waals surface area contributed by atoms with E-state index in [1.807, 2.05) is 24.3 Å². The number of amidine groups is 1. The Kier molecular flexibility index (Phi) is 6.13. The van der Waals surface area contributed by atoms with Gasteiger partial charge in [0.15, 0.2) is 0 Å². The van der Waals surface area contributed by atoms with Crippen LogP contribution in [0.25, 0.3) is 11.1 Å². The van der Waals surface area contributed by atoms with E-state index in [1.54, 1.807) is 0 Å². The highest BCUT2D eigenvalue weighted by molar-refractivity contribution is 6.00. The van der Waals surface area contributed by atoms with Crippen molar-refractivity contribution < 1.29 is 0 Å². The molecule has 0 aliphatic carbocycles. The Hall–Kier alpha value is -3.10. The summed E-state index contributed by atoms with van der Waals surface area (Å²) in [6.45, 7) is 6.35. The topological polar surface area (TPSA) is 77.4 Å². The number of nitrogens with one attached hydrogen (secondary N) is 1. The summed E-state index contributed by atoms with van der Waals surface area (Å²) in [6.07, 6.45) is 3.18. The van der Waals surface area contributed by atoms with Crippen LogP contribution in [0, 0.1) is 11.3 Å². The first-order valence-electron chi connectivity index (χ1n) is 9.74. The number of hydrazine groups is 1. The van der Waals surface area contributed by atoms with Crippen LogP contribution in [0.2, 0.25) is 0 Å². The maximum absolute atomic E-state index is 9.37. The molecule has 5 nitrogen and oxygen atoms in total. The molecule has 0 radical (unpaired) electrons. The minimum Gasteiger partial charge on any atom is -0.322 e. The SMILES string of the molecule is CCCCC1=C(C)C(NN)=NC(C)N1c1ccc(-c2ccccc2C#N)cc1. The van der Waals surface area contributed by atoms with E-state index in [4.69, 9.17) is 10.8 Å². The molecule has 144 valence electrons. The van der Waals surface area contributed by atoms with Crippen LogP contribution in [0.4, 0.5) is 5.69 Å².